The number of benzene rings is 2. The maximum atomic E-state index is 14.1. The molecule has 182 valence electrons. The summed E-state index contributed by atoms with van der Waals surface area (Å²) in [6, 6.07) is 9.03. The molecular formula is C24H20Cl2FN3O5. The fourth-order valence-electron chi connectivity index (χ4n) is 3.37. The fraction of sp³-hybridized carbons (Fsp3) is 0.292. The molecule has 0 unspecified atom stereocenters. The zero-order valence-corrected chi connectivity index (χ0v) is 19.8. The molecule has 1 atom stereocenters. The van der Waals surface area contributed by atoms with Crippen molar-refractivity contribution in [2.45, 2.75) is 31.0 Å². The summed E-state index contributed by atoms with van der Waals surface area (Å²) in [6.07, 6.45) is 2.31. The Labute approximate surface area is 210 Å². The third-order valence-corrected chi connectivity index (χ3v) is 5.92. The van der Waals surface area contributed by atoms with Gasteiger partial charge in [0.2, 0.25) is 0 Å². The van der Waals surface area contributed by atoms with E-state index in [1.54, 1.807) is 30.4 Å². The molecule has 2 aromatic rings. The number of hydrogen-bond donors (Lipinski definition) is 2. The molecule has 11 heteroatoms. The van der Waals surface area contributed by atoms with E-state index in [1.165, 1.54) is 0 Å². The van der Waals surface area contributed by atoms with Crippen LogP contribution in [-0.2, 0) is 11.2 Å². The van der Waals surface area contributed by atoms with E-state index in [0.717, 1.165) is 12.1 Å². The average molecular weight is 520 g/mol. The summed E-state index contributed by atoms with van der Waals surface area (Å²) < 4.78 is 30.8. The van der Waals surface area contributed by atoms with Gasteiger partial charge in [-0.15, -0.1) is 0 Å². The Morgan fingerprint density at radius 1 is 1.17 bits per heavy atom. The standard InChI is InChI=1S/C24H20Cl2FN3O5/c25-17-9-14-3-4-19(17)33-7-1-2-8-34-21-16(11-15(27)12-18(21)26)22(31)29-20(10-14)35-23(32)30-24(13-28)5-6-24/h1-4,9,11-12,20H,5-8,10H2,(H,29,31)(H,30,32)/b2-1+/t20-/m0/s1. The quantitative estimate of drug-likeness (QED) is 0.563. The first-order chi connectivity index (χ1) is 16.8. The van der Waals surface area contributed by atoms with Gasteiger partial charge in [-0.05, 0) is 54.8 Å². The van der Waals surface area contributed by atoms with Crippen molar-refractivity contribution in [1.82, 2.24) is 10.6 Å². The monoisotopic (exact) mass is 519 g/mol. The normalized spacial score (nSPS) is 19.7. The highest BCUT2D eigenvalue weighted by Crippen LogP contribution is 2.34. The number of nitriles is 1. The van der Waals surface area contributed by atoms with Gasteiger partial charge in [-0.1, -0.05) is 29.3 Å². The Hall–Kier alpha value is -3.48. The molecule has 2 bridgehead atoms. The predicted molar refractivity (Wildman–Crippen MR) is 125 cm³/mol. The molecule has 1 aliphatic carbocycles. The molecule has 0 saturated heterocycles. The molecular weight excluding hydrogens is 500 g/mol. The van der Waals surface area contributed by atoms with Crippen LogP contribution in [0, 0.1) is 17.1 Å². The van der Waals surface area contributed by atoms with Crippen molar-refractivity contribution in [1.29, 1.82) is 5.26 Å². The number of hydrogen-bond acceptors (Lipinski definition) is 6. The van der Waals surface area contributed by atoms with Gasteiger partial charge in [0.15, 0.2) is 12.0 Å². The average Bonchev–Trinajstić information content (AvgIpc) is 3.57. The van der Waals surface area contributed by atoms with E-state index in [9.17, 15) is 19.2 Å². The van der Waals surface area contributed by atoms with E-state index in [1.807, 2.05) is 6.07 Å². The molecule has 0 spiro atoms. The number of nitrogens with zero attached hydrogens (tertiary/aromatic N) is 1. The van der Waals surface area contributed by atoms with Gasteiger partial charge in [-0.3, -0.25) is 4.79 Å². The molecule has 1 saturated carbocycles. The number of fused-ring (bicyclic) bond motifs is 9. The van der Waals surface area contributed by atoms with Gasteiger partial charge in [0, 0.05) is 6.42 Å². The Balaban J connectivity index is 1.65. The lowest BCUT2D eigenvalue weighted by atomic mass is 10.1. The van der Waals surface area contributed by atoms with Gasteiger partial charge in [0.1, 0.15) is 30.3 Å². The zero-order chi connectivity index (χ0) is 25.0. The smallest absolute Gasteiger partial charge is 0.410 e. The lowest BCUT2D eigenvalue weighted by Crippen LogP contribution is -2.45. The molecule has 5 rings (SSSR count). The van der Waals surface area contributed by atoms with Crippen LogP contribution in [0.3, 0.4) is 0 Å². The van der Waals surface area contributed by atoms with Gasteiger partial charge >= 0.3 is 6.09 Å². The summed E-state index contributed by atoms with van der Waals surface area (Å²) in [6.45, 7) is 0.236. The SMILES string of the molecule is N#CC1(NC(=O)O[C@H]2Cc3ccc(c(Cl)c3)OC/C=C/COc3c(Cl)cc(F)cc3C(=O)N2)CC1. The molecule has 0 radical (unpaired) electrons. The zero-order valence-electron chi connectivity index (χ0n) is 18.3. The van der Waals surface area contributed by atoms with Crippen LogP contribution in [0.25, 0.3) is 0 Å². The molecule has 2 aliphatic heterocycles. The minimum atomic E-state index is -1.19. The summed E-state index contributed by atoms with van der Waals surface area (Å²) >= 11 is 12.5. The summed E-state index contributed by atoms with van der Waals surface area (Å²) in [5.41, 5.74) is -0.519. The Kier molecular flexibility index (Phi) is 7.34. The van der Waals surface area contributed by atoms with Crippen LogP contribution in [-0.4, -0.2) is 37.0 Å². The second-order valence-corrected chi connectivity index (χ2v) is 8.83. The van der Waals surface area contributed by atoms with E-state index in [0.29, 0.717) is 29.2 Å². The van der Waals surface area contributed by atoms with Crippen molar-refractivity contribution in [2.75, 3.05) is 13.2 Å². The molecule has 8 nitrogen and oxygen atoms in total. The van der Waals surface area contributed by atoms with Crippen molar-refractivity contribution in [3.8, 4) is 17.6 Å². The summed E-state index contributed by atoms with van der Waals surface area (Å²) in [7, 11) is 0. The maximum absolute atomic E-state index is 14.1. The van der Waals surface area contributed by atoms with Crippen LogP contribution in [0.4, 0.5) is 9.18 Å². The van der Waals surface area contributed by atoms with E-state index in [-0.39, 0.29) is 36.0 Å². The van der Waals surface area contributed by atoms with E-state index in [2.05, 4.69) is 10.6 Å². The molecule has 0 aromatic heterocycles. The minimum absolute atomic E-state index is 0.0256. The lowest BCUT2D eigenvalue weighted by molar-refractivity contribution is 0.0621. The summed E-state index contributed by atoms with van der Waals surface area (Å²) in [5, 5.41) is 14.5. The largest absolute Gasteiger partial charge is 0.488 e. The number of nitrogens with one attached hydrogen (secondary N) is 2. The highest BCUT2D eigenvalue weighted by atomic mass is 35.5. The number of alkyl carbamates (subject to hydrolysis) is 1. The molecule has 2 amide bonds. The molecule has 2 heterocycles. The number of rotatable bonds is 2. The lowest BCUT2D eigenvalue weighted by Gasteiger charge is -2.22. The molecule has 1 fully saturated rings. The van der Waals surface area contributed by atoms with E-state index >= 15 is 0 Å². The fourth-order valence-corrected chi connectivity index (χ4v) is 3.89. The van der Waals surface area contributed by atoms with Crippen molar-refractivity contribution in [3.63, 3.8) is 0 Å². The van der Waals surface area contributed by atoms with Gasteiger partial charge in [-0.2, -0.15) is 5.26 Å². The van der Waals surface area contributed by atoms with Crippen LogP contribution in [0.15, 0.2) is 42.5 Å². The number of halogens is 3. The second kappa shape index (κ2) is 10.4. The molecule has 3 aliphatic rings. The van der Waals surface area contributed by atoms with Crippen LogP contribution in [0.2, 0.25) is 10.0 Å². The number of carbonyl (C=O) groups excluding carboxylic acids is 2. The first kappa shape index (κ1) is 24.6. The van der Waals surface area contributed by atoms with Crippen LogP contribution in [0.5, 0.6) is 11.5 Å². The Morgan fingerprint density at radius 3 is 2.60 bits per heavy atom. The summed E-state index contributed by atoms with van der Waals surface area (Å²) in [5.74, 6) is -1.10. The van der Waals surface area contributed by atoms with Gasteiger partial charge in [0.05, 0.1) is 21.7 Å². The Morgan fingerprint density at radius 2 is 1.91 bits per heavy atom. The van der Waals surface area contributed by atoms with Crippen molar-refractivity contribution < 1.29 is 28.2 Å². The third-order valence-electron chi connectivity index (χ3n) is 5.34. The highest BCUT2D eigenvalue weighted by molar-refractivity contribution is 6.32. The molecule has 2 N–H and O–H groups in total. The Bertz CT molecular complexity index is 1230. The van der Waals surface area contributed by atoms with Crippen molar-refractivity contribution in [3.05, 3.63) is 69.5 Å². The maximum Gasteiger partial charge on any atom is 0.410 e. The van der Waals surface area contributed by atoms with E-state index < -0.39 is 29.6 Å². The number of amides is 2. The second-order valence-electron chi connectivity index (χ2n) is 8.01. The first-order valence-electron chi connectivity index (χ1n) is 10.7. The third kappa shape index (κ3) is 6.15. The highest BCUT2D eigenvalue weighted by Gasteiger charge is 2.45. The molecule has 35 heavy (non-hydrogen) atoms. The van der Waals surface area contributed by atoms with Gasteiger partial charge in [-0.25, -0.2) is 9.18 Å². The van der Waals surface area contributed by atoms with E-state index in [4.69, 9.17) is 37.4 Å². The van der Waals surface area contributed by atoms with Crippen LogP contribution in [0.1, 0.15) is 28.8 Å². The topological polar surface area (TPSA) is 110 Å². The number of carbonyl (C=O) groups is 2. The van der Waals surface area contributed by atoms with Crippen LogP contribution < -0.4 is 20.1 Å². The van der Waals surface area contributed by atoms with Crippen molar-refractivity contribution in [2.24, 2.45) is 0 Å². The summed E-state index contributed by atoms with van der Waals surface area (Å²) in [4.78, 5) is 25.6. The predicted octanol–water partition coefficient (Wildman–Crippen LogP) is 4.54. The first-order valence-corrected chi connectivity index (χ1v) is 11.4. The van der Waals surface area contributed by atoms with Crippen molar-refractivity contribution >= 4 is 35.2 Å². The molecule has 2 aromatic carbocycles. The van der Waals surface area contributed by atoms with Gasteiger partial charge in [0.25, 0.3) is 5.91 Å². The van der Waals surface area contributed by atoms with Gasteiger partial charge < -0.3 is 24.8 Å². The minimum Gasteiger partial charge on any atom is -0.488 e. The van der Waals surface area contributed by atoms with Crippen LogP contribution >= 0.6 is 23.2 Å². The number of ether oxygens (including phenoxy) is 3.